The Hall–Kier alpha value is -7.67. The summed E-state index contributed by atoms with van der Waals surface area (Å²) in [5, 5.41) is 10.0. The molecule has 0 amide bonds. The Kier molecular flexibility index (Phi) is 7.45. The fourth-order valence-electron chi connectivity index (χ4n) is 9.17. The third-order valence-electron chi connectivity index (χ3n) is 11.8. The number of fused-ring (bicyclic) bond motifs is 10. The molecule has 8 aromatic carbocycles. The fourth-order valence-corrected chi connectivity index (χ4v) is 9.17. The first-order chi connectivity index (χ1) is 28.2. The number of benzene rings is 8. The Labute approximate surface area is 331 Å². The monoisotopic (exact) mass is 723 g/mol. The number of nitrogens with zero attached hydrogens (tertiary/aromatic N) is 3. The predicted octanol–water partition coefficient (Wildman–Crippen LogP) is 13.0. The summed E-state index contributed by atoms with van der Waals surface area (Å²) in [7, 11) is 0. The fraction of sp³-hybridized carbons (Fsp3) is 0.0185. The molecule has 0 radical (unpaired) electrons. The van der Waals surface area contributed by atoms with Crippen LogP contribution in [-0.4, -0.2) is 9.97 Å². The van der Waals surface area contributed by atoms with E-state index in [1.54, 1.807) is 0 Å². The van der Waals surface area contributed by atoms with Crippen molar-refractivity contribution < 1.29 is 0 Å². The van der Waals surface area contributed by atoms with Crippen LogP contribution in [0.5, 0.6) is 0 Å². The van der Waals surface area contributed by atoms with Crippen molar-refractivity contribution in [1.82, 2.24) is 9.97 Å². The normalized spacial score (nSPS) is 12.7. The van der Waals surface area contributed by atoms with Gasteiger partial charge in [-0.3, -0.25) is 0 Å². The zero-order valence-corrected chi connectivity index (χ0v) is 30.9. The first-order valence-electron chi connectivity index (χ1n) is 19.3. The lowest BCUT2D eigenvalue weighted by atomic mass is 9.70. The van der Waals surface area contributed by atoms with Gasteiger partial charge in [-0.2, -0.15) is 5.26 Å². The Morgan fingerprint density at radius 3 is 1.44 bits per heavy atom. The highest BCUT2D eigenvalue weighted by Crippen LogP contribution is 2.63. The lowest BCUT2D eigenvalue weighted by Crippen LogP contribution is -2.26. The van der Waals surface area contributed by atoms with Gasteiger partial charge in [0.05, 0.1) is 28.4 Å². The maximum absolute atomic E-state index is 10.0. The van der Waals surface area contributed by atoms with Crippen LogP contribution in [0, 0.1) is 11.3 Å². The Morgan fingerprint density at radius 2 is 0.789 bits per heavy atom. The Bertz CT molecular complexity index is 2960. The van der Waals surface area contributed by atoms with Crippen molar-refractivity contribution in [3.63, 3.8) is 0 Å². The van der Waals surface area contributed by atoms with E-state index in [1.165, 1.54) is 44.5 Å². The smallest absolute Gasteiger partial charge is 0.160 e. The van der Waals surface area contributed by atoms with E-state index >= 15 is 0 Å². The molecule has 264 valence electrons. The molecule has 9 aromatic rings. The van der Waals surface area contributed by atoms with E-state index in [4.69, 9.17) is 9.97 Å². The molecule has 0 bridgehead atoms. The van der Waals surface area contributed by atoms with Crippen molar-refractivity contribution in [2.24, 2.45) is 0 Å². The first-order valence-corrected chi connectivity index (χ1v) is 19.3. The minimum atomic E-state index is -0.518. The van der Waals surface area contributed by atoms with E-state index < -0.39 is 5.41 Å². The molecule has 2 aliphatic carbocycles. The van der Waals surface area contributed by atoms with E-state index in [1.807, 2.05) is 42.5 Å². The minimum Gasteiger partial charge on any atom is -0.228 e. The summed E-state index contributed by atoms with van der Waals surface area (Å²) < 4.78 is 0. The lowest BCUT2D eigenvalue weighted by Gasteiger charge is -2.30. The molecule has 3 heteroatoms. The van der Waals surface area contributed by atoms with Gasteiger partial charge >= 0.3 is 0 Å². The number of rotatable bonds is 5. The van der Waals surface area contributed by atoms with Crippen LogP contribution in [-0.2, 0) is 5.41 Å². The van der Waals surface area contributed by atoms with Gasteiger partial charge in [0.2, 0.25) is 0 Å². The number of hydrogen-bond acceptors (Lipinski definition) is 3. The molecule has 11 rings (SSSR count). The number of nitriles is 1. The van der Waals surface area contributed by atoms with Crippen LogP contribution in [0.1, 0.15) is 27.8 Å². The van der Waals surface area contributed by atoms with Crippen molar-refractivity contribution in [2.45, 2.75) is 5.41 Å². The molecule has 0 saturated heterocycles. The molecular weight excluding hydrogens is 691 g/mol. The average molecular weight is 724 g/mol. The van der Waals surface area contributed by atoms with Gasteiger partial charge < -0.3 is 0 Å². The summed E-state index contributed by atoms with van der Waals surface area (Å²) >= 11 is 0. The van der Waals surface area contributed by atoms with E-state index in [0.717, 1.165) is 50.3 Å². The van der Waals surface area contributed by atoms with Crippen LogP contribution in [0.2, 0.25) is 0 Å². The predicted molar refractivity (Wildman–Crippen MR) is 230 cm³/mol. The van der Waals surface area contributed by atoms with Crippen molar-refractivity contribution in [3.8, 4) is 84.5 Å². The van der Waals surface area contributed by atoms with Crippen LogP contribution in [0.3, 0.4) is 0 Å². The van der Waals surface area contributed by atoms with Gasteiger partial charge in [-0.15, -0.1) is 0 Å². The summed E-state index contributed by atoms with van der Waals surface area (Å²) in [4.78, 5) is 10.0. The maximum atomic E-state index is 10.0. The average Bonchev–Trinajstić information content (AvgIpc) is 3.76. The highest BCUT2D eigenvalue weighted by Gasteiger charge is 2.51. The van der Waals surface area contributed by atoms with Gasteiger partial charge in [-0.1, -0.05) is 170 Å². The van der Waals surface area contributed by atoms with Crippen molar-refractivity contribution in [1.29, 1.82) is 5.26 Å². The quantitative estimate of drug-likeness (QED) is 0.178. The second kappa shape index (κ2) is 13.0. The second-order valence-electron chi connectivity index (χ2n) is 14.8. The number of aromatic nitrogens is 2. The summed E-state index contributed by atoms with van der Waals surface area (Å²) in [6.07, 6.45) is 0. The SMILES string of the molecule is N#Cc1ccc2c(c1)C1(c3ccccc3-c3ccccc31)c1cc(-c3cccc(-c4ccc(-c5cc(-c6ccccc6)nc(-c6ccccc6)n5)cc4)c3)ccc1-2. The molecule has 0 N–H and O–H groups in total. The molecule has 0 fully saturated rings. The topological polar surface area (TPSA) is 49.6 Å². The molecule has 0 aliphatic heterocycles. The van der Waals surface area contributed by atoms with Gasteiger partial charge in [0.25, 0.3) is 0 Å². The molecule has 0 atom stereocenters. The van der Waals surface area contributed by atoms with Crippen LogP contribution in [0.25, 0.3) is 78.4 Å². The largest absolute Gasteiger partial charge is 0.228 e. The summed E-state index contributed by atoms with van der Waals surface area (Å²) in [6.45, 7) is 0. The molecule has 1 spiro atoms. The summed E-state index contributed by atoms with van der Waals surface area (Å²) in [6, 6.07) is 73.2. The molecule has 1 heterocycles. The summed E-state index contributed by atoms with van der Waals surface area (Å²) in [5.74, 6) is 0.707. The van der Waals surface area contributed by atoms with Crippen LogP contribution < -0.4 is 0 Å². The van der Waals surface area contributed by atoms with Crippen LogP contribution in [0.4, 0.5) is 0 Å². The lowest BCUT2D eigenvalue weighted by molar-refractivity contribution is 0.793. The van der Waals surface area contributed by atoms with E-state index in [2.05, 4.69) is 164 Å². The van der Waals surface area contributed by atoms with Crippen molar-refractivity contribution in [3.05, 3.63) is 228 Å². The maximum Gasteiger partial charge on any atom is 0.160 e. The van der Waals surface area contributed by atoms with E-state index in [9.17, 15) is 5.26 Å². The number of hydrogen-bond donors (Lipinski definition) is 0. The highest BCUT2D eigenvalue weighted by atomic mass is 14.9. The van der Waals surface area contributed by atoms with Gasteiger partial charge in [-0.25, -0.2) is 9.97 Å². The molecule has 1 aromatic heterocycles. The van der Waals surface area contributed by atoms with E-state index in [0.29, 0.717) is 11.4 Å². The van der Waals surface area contributed by atoms with Crippen LogP contribution >= 0.6 is 0 Å². The van der Waals surface area contributed by atoms with Gasteiger partial charge in [0.1, 0.15) is 0 Å². The highest BCUT2D eigenvalue weighted by molar-refractivity contribution is 5.96. The molecule has 0 unspecified atom stereocenters. The van der Waals surface area contributed by atoms with Gasteiger partial charge in [-0.05, 0) is 97.1 Å². The minimum absolute atomic E-state index is 0.518. The third-order valence-corrected chi connectivity index (χ3v) is 11.8. The van der Waals surface area contributed by atoms with Crippen molar-refractivity contribution in [2.75, 3.05) is 0 Å². The molecule has 57 heavy (non-hydrogen) atoms. The van der Waals surface area contributed by atoms with Gasteiger partial charge in [0, 0.05) is 16.7 Å². The van der Waals surface area contributed by atoms with Crippen LogP contribution in [0.15, 0.2) is 200 Å². The summed E-state index contributed by atoms with van der Waals surface area (Å²) in [5.41, 5.74) is 19.5. The zero-order valence-electron chi connectivity index (χ0n) is 30.9. The molecule has 0 saturated carbocycles. The van der Waals surface area contributed by atoms with Crippen molar-refractivity contribution >= 4 is 0 Å². The second-order valence-corrected chi connectivity index (χ2v) is 14.8. The molecule has 2 aliphatic rings. The van der Waals surface area contributed by atoms with E-state index in [-0.39, 0.29) is 0 Å². The Balaban J connectivity index is 0.995. The first kappa shape index (κ1) is 32.7. The van der Waals surface area contributed by atoms with Gasteiger partial charge in [0.15, 0.2) is 5.82 Å². The third kappa shape index (κ3) is 5.12. The molecule has 3 nitrogen and oxygen atoms in total. The Morgan fingerprint density at radius 1 is 0.333 bits per heavy atom. The standard InChI is InChI=1S/C54H33N3/c55-34-35-22-28-45-46-29-27-42(32-50(46)54(49(45)30-35)47-20-9-7-18-43(47)44-19-8-10-21-48(44)54)41-17-11-16-40(31-41)36-23-25-38(26-24-36)52-33-51(37-12-3-1-4-13-37)56-53(57-52)39-14-5-2-6-15-39/h1-33H. The zero-order chi connectivity index (χ0) is 37.9. The molecular formula is C54H33N3.